The Balaban J connectivity index is 0.00000264. The molecule has 6 nitrogen and oxygen atoms in total. The summed E-state index contributed by atoms with van der Waals surface area (Å²) in [5.41, 5.74) is 11.7. The molecule has 5 N–H and O–H groups in total. The Morgan fingerprint density at radius 1 is 1.22 bits per heavy atom. The van der Waals surface area contributed by atoms with Crippen molar-refractivity contribution >= 4 is 30.0 Å². The molecule has 0 unspecified atom stereocenters. The van der Waals surface area contributed by atoms with E-state index in [4.69, 9.17) is 11.5 Å². The minimum atomic E-state index is -4.72. The molecule has 0 bridgehead atoms. The van der Waals surface area contributed by atoms with Crippen LogP contribution in [0.2, 0.25) is 0 Å². The summed E-state index contributed by atoms with van der Waals surface area (Å²) in [4.78, 5) is 7.92. The molecule has 23 heavy (non-hydrogen) atoms. The van der Waals surface area contributed by atoms with Crippen molar-refractivity contribution in [2.45, 2.75) is 19.2 Å². The van der Waals surface area contributed by atoms with Gasteiger partial charge in [-0.3, -0.25) is 4.99 Å². The quantitative estimate of drug-likeness (QED) is 0.573. The molecule has 1 fully saturated rings. The zero-order valence-corrected chi connectivity index (χ0v) is 12.8. The van der Waals surface area contributed by atoms with Crippen molar-refractivity contribution in [1.29, 1.82) is 0 Å². The second-order valence-electron chi connectivity index (χ2n) is 4.84. The second-order valence-corrected chi connectivity index (χ2v) is 4.84. The molecule has 0 spiro atoms. The molecule has 1 aliphatic carbocycles. The Labute approximate surface area is 137 Å². The number of ether oxygens (including phenoxy) is 1. The zero-order chi connectivity index (χ0) is 16.2. The van der Waals surface area contributed by atoms with E-state index in [0.29, 0.717) is 18.2 Å². The van der Waals surface area contributed by atoms with Gasteiger partial charge < -0.3 is 21.5 Å². The third kappa shape index (κ3) is 7.59. The van der Waals surface area contributed by atoms with E-state index in [9.17, 15) is 13.2 Å². The molecule has 1 saturated carbocycles. The highest BCUT2D eigenvalue weighted by atomic mass is 35.5. The van der Waals surface area contributed by atoms with E-state index < -0.39 is 6.36 Å². The lowest BCUT2D eigenvalue weighted by Gasteiger charge is -2.10. The van der Waals surface area contributed by atoms with Crippen LogP contribution in [0.25, 0.3) is 0 Å². The van der Waals surface area contributed by atoms with Crippen LogP contribution in [0.5, 0.6) is 5.75 Å². The average molecular weight is 352 g/mol. The summed E-state index contributed by atoms with van der Waals surface area (Å²) in [6, 6.07) is 5.07. The van der Waals surface area contributed by atoms with Crippen LogP contribution in [0.15, 0.2) is 34.3 Å². The van der Waals surface area contributed by atoms with E-state index in [1.165, 1.54) is 12.1 Å². The summed E-state index contributed by atoms with van der Waals surface area (Å²) in [5.74, 6) is 0.332. The second kappa shape index (κ2) is 7.91. The average Bonchev–Trinajstić information content (AvgIpc) is 3.21. The van der Waals surface area contributed by atoms with Crippen LogP contribution in [0.4, 0.5) is 18.9 Å². The molecule has 1 aromatic rings. The number of halogens is 4. The smallest absolute Gasteiger partial charge is 0.406 e. The number of hydrogen-bond acceptors (Lipinski definition) is 2. The zero-order valence-electron chi connectivity index (χ0n) is 12.0. The van der Waals surface area contributed by atoms with Gasteiger partial charge in [0.2, 0.25) is 11.9 Å². The number of guanidine groups is 2. The maximum absolute atomic E-state index is 12.0. The lowest BCUT2D eigenvalue weighted by atomic mass is 10.3. The van der Waals surface area contributed by atoms with Gasteiger partial charge in [-0.05, 0) is 43.0 Å². The standard InChI is InChI=1S/C13H16F3N5O.ClH/c14-13(15,16)22-10-5-3-9(4-6-10)20-12(18)21-11(17)19-7-8-1-2-8;/h3-6,8H,1-2,7H2,(H5,17,18,19,20,21);1H. The molecule has 0 saturated heterocycles. The first-order chi connectivity index (χ1) is 10.3. The molecule has 0 radical (unpaired) electrons. The molecule has 0 heterocycles. The Kier molecular flexibility index (Phi) is 6.49. The molecule has 0 amide bonds. The third-order valence-electron chi connectivity index (χ3n) is 2.80. The van der Waals surface area contributed by atoms with E-state index in [2.05, 4.69) is 20.0 Å². The highest BCUT2D eigenvalue weighted by molar-refractivity contribution is 6.00. The number of nitrogens with one attached hydrogen (secondary N) is 1. The van der Waals surface area contributed by atoms with E-state index in [1.807, 2.05) is 0 Å². The molecule has 0 atom stereocenters. The lowest BCUT2D eigenvalue weighted by Crippen LogP contribution is -2.26. The summed E-state index contributed by atoms with van der Waals surface area (Å²) >= 11 is 0. The number of nitrogens with two attached hydrogens (primary N) is 2. The summed E-state index contributed by atoms with van der Waals surface area (Å²) in [5, 5.41) is 2.70. The minimum absolute atomic E-state index is 0. The summed E-state index contributed by atoms with van der Waals surface area (Å²) in [6.45, 7) is 0.631. The molecule has 2 rings (SSSR count). The van der Waals surface area contributed by atoms with Crippen molar-refractivity contribution in [3.63, 3.8) is 0 Å². The van der Waals surface area contributed by atoms with E-state index in [1.54, 1.807) is 0 Å². The van der Waals surface area contributed by atoms with Gasteiger partial charge in [-0.2, -0.15) is 4.99 Å². The molecule has 0 aromatic heterocycles. The van der Waals surface area contributed by atoms with Gasteiger partial charge in [0.05, 0.1) is 0 Å². The highest BCUT2D eigenvalue weighted by Crippen LogP contribution is 2.28. The monoisotopic (exact) mass is 351 g/mol. The van der Waals surface area contributed by atoms with Gasteiger partial charge >= 0.3 is 6.36 Å². The molecular formula is C13H17ClF3N5O. The van der Waals surface area contributed by atoms with Crippen molar-refractivity contribution < 1.29 is 17.9 Å². The number of anilines is 1. The van der Waals surface area contributed by atoms with Crippen molar-refractivity contribution in [2.75, 3.05) is 11.9 Å². The fourth-order valence-corrected chi connectivity index (χ4v) is 1.60. The Morgan fingerprint density at radius 2 is 1.83 bits per heavy atom. The van der Waals surface area contributed by atoms with Gasteiger partial charge in [0.15, 0.2) is 0 Å². The molecule has 1 aliphatic rings. The van der Waals surface area contributed by atoms with Crippen molar-refractivity contribution in [1.82, 2.24) is 0 Å². The fourth-order valence-electron chi connectivity index (χ4n) is 1.60. The van der Waals surface area contributed by atoms with Crippen LogP contribution in [-0.4, -0.2) is 24.8 Å². The van der Waals surface area contributed by atoms with Crippen molar-refractivity contribution in [2.24, 2.45) is 27.4 Å². The van der Waals surface area contributed by atoms with E-state index >= 15 is 0 Å². The highest BCUT2D eigenvalue weighted by Gasteiger charge is 2.30. The topological polar surface area (TPSA) is 98.0 Å². The molecule has 128 valence electrons. The Bertz CT molecular complexity index is 570. The summed E-state index contributed by atoms with van der Waals surface area (Å²) in [6.07, 6.45) is -2.41. The van der Waals surface area contributed by atoms with Gasteiger partial charge in [0.25, 0.3) is 0 Å². The van der Waals surface area contributed by atoms with E-state index in [0.717, 1.165) is 25.0 Å². The number of benzene rings is 1. The van der Waals surface area contributed by atoms with Crippen molar-refractivity contribution in [3.05, 3.63) is 24.3 Å². The largest absolute Gasteiger partial charge is 0.573 e. The van der Waals surface area contributed by atoms with Gasteiger partial charge in [0, 0.05) is 12.2 Å². The first-order valence-electron chi connectivity index (χ1n) is 6.59. The van der Waals surface area contributed by atoms with E-state index in [-0.39, 0.29) is 30.1 Å². The normalized spacial score (nSPS) is 15.8. The SMILES string of the molecule is Cl.NC(=NCC1CC1)N=C(N)Nc1ccc(OC(F)(F)F)cc1. The number of hydrogen-bond donors (Lipinski definition) is 3. The van der Waals surface area contributed by atoms with Crippen LogP contribution in [0.3, 0.4) is 0 Å². The van der Waals surface area contributed by atoms with Gasteiger partial charge in [-0.25, -0.2) is 0 Å². The minimum Gasteiger partial charge on any atom is -0.406 e. The van der Waals surface area contributed by atoms with Gasteiger partial charge in [0.1, 0.15) is 5.75 Å². The van der Waals surface area contributed by atoms with Gasteiger partial charge in [-0.1, -0.05) is 0 Å². The fraction of sp³-hybridized carbons (Fsp3) is 0.385. The van der Waals surface area contributed by atoms with Crippen LogP contribution in [0.1, 0.15) is 12.8 Å². The third-order valence-corrected chi connectivity index (χ3v) is 2.80. The van der Waals surface area contributed by atoms with Gasteiger partial charge in [-0.15, -0.1) is 25.6 Å². The first kappa shape index (κ1) is 18.9. The first-order valence-corrected chi connectivity index (χ1v) is 6.59. The van der Waals surface area contributed by atoms with Crippen molar-refractivity contribution in [3.8, 4) is 5.75 Å². The Hall–Kier alpha value is -2.16. The Morgan fingerprint density at radius 3 is 2.35 bits per heavy atom. The maximum Gasteiger partial charge on any atom is 0.573 e. The molecule has 1 aromatic carbocycles. The van der Waals surface area contributed by atoms with Crippen LogP contribution < -0.4 is 21.5 Å². The molecule has 10 heteroatoms. The van der Waals surface area contributed by atoms with Crippen LogP contribution >= 0.6 is 12.4 Å². The lowest BCUT2D eigenvalue weighted by molar-refractivity contribution is -0.274. The summed E-state index contributed by atoms with van der Waals surface area (Å²) < 4.78 is 39.8. The number of alkyl halides is 3. The van der Waals surface area contributed by atoms with Crippen LogP contribution in [0, 0.1) is 5.92 Å². The number of rotatable bonds is 4. The summed E-state index contributed by atoms with van der Waals surface area (Å²) in [7, 11) is 0. The number of nitrogens with zero attached hydrogens (tertiary/aromatic N) is 2. The predicted molar refractivity (Wildman–Crippen MR) is 84.8 cm³/mol. The molecule has 0 aliphatic heterocycles. The predicted octanol–water partition coefficient (Wildman–Crippen LogP) is 2.46. The molecular weight excluding hydrogens is 335 g/mol. The number of aliphatic imine (C=N–C) groups is 2. The van der Waals surface area contributed by atoms with Crippen LogP contribution in [-0.2, 0) is 0 Å². The maximum atomic E-state index is 12.0.